The largest absolute Gasteiger partial charge is 0.495 e. The highest BCUT2D eigenvalue weighted by Gasteiger charge is 2.12. The topological polar surface area (TPSA) is 56.3 Å². The van der Waals surface area contributed by atoms with E-state index in [9.17, 15) is 8.42 Å². The van der Waals surface area contributed by atoms with Gasteiger partial charge >= 0.3 is 0 Å². The molecule has 0 aliphatic heterocycles. The number of hydrogen-bond acceptors (Lipinski definition) is 4. The molecule has 0 aliphatic carbocycles. The number of methoxy groups -OCH3 is 1. The highest BCUT2D eigenvalue weighted by molar-refractivity contribution is 7.90. The molecule has 4 nitrogen and oxygen atoms in total. The van der Waals surface area contributed by atoms with Gasteiger partial charge in [-0.2, -0.15) is 0 Å². The summed E-state index contributed by atoms with van der Waals surface area (Å²) in [6, 6.07) is 1.47. The van der Waals surface area contributed by atoms with Gasteiger partial charge in [0.05, 0.1) is 23.9 Å². The van der Waals surface area contributed by atoms with Crippen LogP contribution in [0.15, 0.2) is 17.2 Å². The maximum Gasteiger partial charge on any atom is 0.177 e. The van der Waals surface area contributed by atoms with Crippen LogP contribution in [0.4, 0.5) is 0 Å². The van der Waals surface area contributed by atoms with E-state index in [0.717, 1.165) is 6.26 Å². The Balaban J connectivity index is 3.36. The molecule has 0 atom stereocenters. The SMILES string of the molecule is COc1cnc(C)c(S(C)(=O)=O)c1. The number of sulfone groups is 1. The smallest absolute Gasteiger partial charge is 0.177 e. The van der Waals surface area contributed by atoms with E-state index in [2.05, 4.69) is 4.98 Å². The zero-order chi connectivity index (χ0) is 10.1. The summed E-state index contributed by atoms with van der Waals surface area (Å²) in [6.45, 7) is 1.65. The molecule has 0 N–H and O–H groups in total. The van der Waals surface area contributed by atoms with E-state index in [1.165, 1.54) is 19.4 Å². The first-order valence-electron chi connectivity index (χ1n) is 3.66. The third kappa shape index (κ3) is 2.18. The quantitative estimate of drug-likeness (QED) is 0.710. The number of hydrogen-bond donors (Lipinski definition) is 0. The molecule has 0 unspecified atom stereocenters. The summed E-state index contributed by atoms with van der Waals surface area (Å²) in [7, 11) is -1.74. The normalized spacial score (nSPS) is 11.3. The predicted octanol–water partition coefficient (Wildman–Crippen LogP) is 0.802. The van der Waals surface area contributed by atoms with E-state index in [-0.39, 0.29) is 4.90 Å². The van der Waals surface area contributed by atoms with Crippen LogP contribution >= 0.6 is 0 Å². The van der Waals surface area contributed by atoms with Crippen molar-refractivity contribution in [1.29, 1.82) is 0 Å². The van der Waals surface area contributed by atoms with E-state index in [1.807, 2.05) is 0 Å². The lowest BCUT2D eigenvalue weighted by Crippen LogP contribution is -2.02. The first kappa shape index (κ1) is 9.98. The van der Waals surface area contributed by atoms with Gasteiger partial charge in [-0.25, -0.2) is 8.42 Å². The molecule has 72 valence electrons. The van der Waals surface area contributed by atoms with Crippen LogP contribution in [0.3, 0.4) is 0 Å². The fourth-order valence-corrected chi connectivity index (χ4v) is 1.90. The van der Waals surface area contributed by atoms with Crippen molar-refractivity contribution in [3.05, 3.63) is 18.0 Å². The number of rotatable bonds is 2. The number of ether oxygens (including phenoxy) is 1. The van der Waals surface area contributed by atoms with E-state index in [4.69, 9.17) is 4.74 Å². The van der Waals surface area contributed by atoms with Gasteiger partial charge in [0.15, 0.2) is 9.84 Å². The summed E-state index contributed by atoms with van der Waals surface area (Å²) in [5.41, 5.74) is 0.489. The Kier molecular flexibility index (Phi) is 2.56. The van der Waals surface area contributed by atoms with Crippen LogP contribution in [0.25, 0.3) is 0 Å². The van der Waals surface area contributed by atoms with Gasteiger partial charge in [0.2, 0.25) is 0 Å². The van der Waals surface area contributed by atoms with Crippen LogP contribution in [0.1, 0.15) is 5.69 Å². The van der Waals surface area contributed by atoms with Crippen molar-refractivity contribution in [2.45, 2.75) is 11.8 Å². The zero-order valence-corrected chi connectivity index (χ0v) is 8.55. The molecule has 1 aromatic rings. The van der Waals surface area contributed by atoms with Gasteiger partial charge in [-0.15, -0.1) is 0 Å². The molecule has 1 aromatic heterocycles. The monoisotopic (exact) mass is 201 g/mol. The first-order valence-corrected chi connectivity index (χ1v) is 5.55. The van der Waals surface area contributed by atoms with Crippen molar-refractivity contribution in [3.8, 4) is 5.75 Å². The van der Waals surface area contributed by atoms with Crippen LogP contribution in [-0.4, -0.2) is 26.8 Å². The third-order valence-electron chi connectivity index (χ3n) is 1.65. The van der Waals surface area contributed by atoms with Crippen molar-refractivity contribution >= 4 is 9.84 Å². The maximum absolute atomic E-state index is 11.2. The Bertz CT molecular complexity index is 411. The van der Waals surface area contributed by atoms with Gasteiger partial charge in [-0.1, -0.05) is 0 Å². The van der Waals surface area contributed by atoms with E-state index in [1.54, 1.807) is 6.92 Å². The average molecular weight is 201 g/mol. The Morgan fingerprint density at radius 3 is 2.54 bits per heavy atom. The minimum absolute atomic E-state index is 0.215. The second kappa shape index (κ2) is 3.33. The van der Waals surface area contributed by atoms with Crippen molar-refractivity contribution in [2.24, 2.45) is 0 Å². The molecule has 0 fully saturated rings. The first-order chi connectivity index (χ1) is 5.95. The molecule has 0 radical (unpaired) electrons. The standard InChI is InChI=1S/C8H11NO3S/c1-6-8(13(3,10)11)4-7(12-2)5-9-6/h4-5H,1-3H3. The zero-order valence-electron chi connectivity index (χ0n) is 7.73. The average Bonchev–Trinajstić information content (AvgIpc) is 2.03. The Morgan fingerprint density at radius 1 is 1.46 bits per heavy atom. The number of aromatic nitrogens is 1. The van der Waals surface area contributed by atoms with Crippen LogP contribution in [-0.2, 0) is 9.84 Å². The van der Waals surface area contributed by atoms with Crippen molar-refractivity contribution in [2.75, 3.05) is 13.4 Å². The summed E-state index contributed by atoms with van der Waals surface area (Å²) in [5, 5.41) is 0. The molecule has 0 amide bonds. The Hall–Kier alpha value is -1.10. The Labute approximate surface area is 77.5 Å². The second-order valence-corrected chi connectivity index (χ2v) is 4.72. The van der Waals surface area contributed by atoms with Gasteiger partial charge in [0.1, 0.15) is 5.75 Å². The second-order valence-electron chi connectivity index (χ2n) is 2.73. The molecule has 5 heteroatoms. The van der Waals surface area contributed by atoms with Gasteiger partial charge in [0, 0.05) is 12.3 Å². The van der Waals surface area contributed by atoms with Crippen molar-refractivity contribution in [3.63, 3.8) is 0 Å². The molecule has 1 rings (SSSR count). The van der Waals surface area contributed by atoms with Crippen LogP contribution in [0.5, 0.6) is 5.75 Å². The maximum atomic E-state index is 11.2. The number of aryl methyl sites for hydroxylation is 1. The van der Waals surface area contributed by atoms with Gasteiger partial charge < -0.3 is 4.74 Å². The van der Waals surface area contributed by atoms with Crippen LogP contribution < -0.4 is 4.74 Å². The Morgan fingerprint density at radius 2 is 2.08 bits per heavy atom. The molecule has 0 bridgehead atoms. The lowest BCUT2D eigenvalue weighted by Gasteiger charge is -2.04. The van der Waals surface area contributed by atoms with Gasteiger partial charge in [-0.3, -0.25) is 4.98 Å². The van der Waals surface area contributed by atoms with E-state index < -0.39 is 9.84 Å². The van der Waals surface area contributed by atoms with E-state index in [0.29, 0.717) is 11.4 Å². The molecule has 0 saturated heterocycles. The minimum Gasteiger partial charge on any atom is -0.495 e. The number of nitrogens with zero attached hydrogens (tertiary/aromatic N) is 1. The summed E-state index contributed by atoms with van der Waals surface area (Å²) in [5.74, 6) is 0.450. The molecule has 0 spiro atoms. The lowest BCUT2D eigenvalue weighted by molar-refractivity contribution is 0.411. The fraction of sp³-hybridized carbons (Fsp3) is 0.375. The van der Waals surface area contributed by atoms with Crippen LogP contribution in [0, 0.1) is 6.92 Å². The highest BCUT2D eigenvalue weighted by Crippen LogP contribution is 2.18. The molecule has 0 saturated carbocycles. The fourth-order valence-electron chi connectivity index (χ4n) is 0.982. The lowest BCUT2D eigenvalue weighted by atomic mass is 10.4. The summed E-state index contributed by atoms with van der Waals surface area (Å²) >= 11 is 0. The molecule has 13 heavy (non-hydrogen) atoms. The summed E-state index contributed by atoms with van der Waals surface area (Å²) < 4.78 is 27.3. The van der Waals surface area contributed by atoms with Gasteiger partial charge in [-0.05, 0) is 6.92 Å². The molecular weight excluding hydrogens is 190 g/mol. The third-order valence-corrected chi connectivity index (χ3v) is 2.86. The molecule has 0 aliphatic rings. The minimum atomic E-state index is -3.21. The van der Waals surface area contributed by atoms with Crippen LogP contribution in [0.2, 0.25) is 0 Å². The highest BCUT2D eigenvalue weighted by atomic mass is 32.2. The molecular formula is C8H11NO3S. The molecule has 0 aromatic carbocycles. The summed E-state index contributed by atoms with van der Waals surface area (Å²) in [4.78, 5) is 4.13. The number of pyridine rings is 1. The van der Waals surface area contributed by atoms with Crippen molar-refractivity contribution < 1.29 is 13.2 Å². The van der Waals surface area contributed by atoms with E-state index >= 15 is 0 Å². The summed E-state index contributed by atoms with van der Waals surface area (Å²) in [6.07, 6.45) is 2.64. The van der Waals surface area contributed by atoms with Crippen molar-refractivity contribution in [1.82, 2.24) is 4.98 Å². The predicted molar refractivity (Wildman–Crippen MR) is 48.6 cm³/mol. The molecule has 1 heterocycles. The van der Waals surface area contributed by atoms with Gasteiger partial charge in [0.25, 0.3) is 0 Å².